The van der Waals surface area contributed by atoms with Crippen LogP contribution in [0.25, 0.3) is 10.6 Å². The predicted octanol–water partition coefficient (Wildman–Crippen LogP) is 4.72. The molecule has 0 aliphatic heterocycles. The summed E-state index contributed by atoms with van der Waals surface area (Å²) in [5.41, 5.74) is 2.32. The molecule has 0 aliphatic carbocycles. The van der Waals surface area contributed by atoms with Crippen molar-refractivity contribution in [2.24, 2.45) is 11.3 Å². The fourth-order valence-corrected chi connectivity index (χ4v) is 2.66. The molecule has 0 fully saturated rings. The maximum absolute atomic E-state index is 12.9. The minimum Gasteiger partial charge on any atom is -0.311 e. The molecule has 1 atom stereocenters. The van der Waals surface area contributed by atoms with Crippen molar-refractivity contribution in [1.29, 1.82) is 0 Å². The third kappa shape index (κ3) is 4.61. The molecule has 1 aromatic carbocycles. The number of halogens is 1. The van der Waals surface area contributed by atoms with Crippen LogP contribution in [-0.2, 0) is 6.54 Å². The Morgan fingerprint density at radius 1 is 1.24 bits per heavy atom. The number of aromatic nitrogens is 1. The summed E-state index contributed by atoms with van der Waals surface area (Å²) >= 11 is 1.60. The molecule has 1 N–H and O–H groups in total. The van der Waals surface area contributed by atoms with Crippen LogP contribution < -0.4 is 5.32 Å². The molecule has 2 rings (SSSR count). The lowest BCUT2D eigenvalue weighted by Crippen LogP contribution is -2.29. The van der Waals surface area contributed by atoms with Crippen molar-refractivity contribution in [1.82, 2.24) is 10.3 Å². The fourth-order valence-electron chi connectivity index (χ4n) is 1.84. The topological polar surface area (TPSA) is 24.9 Å². The van der Waals surface area contributed by atoms with E-state index in [9.17, 15) is 4.39 Å². The highest BCUT2D eigenvalue weighted by Gasteiger charge is 2.19. The van der Waals surface area contributed by atoms with E-state index in [1.54, 1.807) is 23.5 Å². The van der Waals surface area contributed by atoms with E-state index in [4.69, 9.17) is 0 Å². The van der Waals surface area contributed by atoms with Gasteiger partial charge >= 0.3 is 0 Å². The van der Waals surface area contributed by atoms with Crippen molar-refractivity contribution in [2.75, 3.05) is 6.54 Å². The molecule has 114 valence electrons. The molecule has 0 saturated carbocycles. The van der Waals surface area contributed by atoms with Gasteiger partial charge in [-0.1, -0.05) is 27.7 Å². The summed E-state index contributed by atoms with van der Waals surface area (Å²) in [6.45, 7) is 10.8. The van der Waals surface area contributed by atoms with Crippen molar-refractivity contribution >= 4 is 11.3 Å². The van der Waals surface area contributed by atoms with Gasteiger partial charge < -0.3 is 5.32 Å². The first-order chi connectivity index (χ1) is 9.86. The average Bonchev–Trinajstić information content (AvgIpc) is 2.87. The minimum atomic E-state index is -0.214. The zero-order valence-corrected chi connectivity index (χ0v) is 13.9. The first kappa shape index (κ1) is 16.1. The molecule has 0 spiro atoms. The van der Waals surface area contributed by atoms with Crippen molar-refractivity contribution in [3.8, 4) is 10.6 Å². The molecule has 1 heterocycles. The highest BCUT2D eigenvalue weighted by molar-refractivity contribution is 7.13. The van der Waals surface area contributed by atoms with Gasteiger partial charge in [0, 0.05) is 17.5 Å². The number of thiazole rings is 1. The van der Waals surface area contributed by atoms with Gasteiger partial charge in [-0.2, -0.15) is 0 Å². The van der Waals surface area contributed by atoms with Crippen LogP contribution >= 0.6 is 11.3 Å². The molecule has 0 saturated heterocycles. The number of hydrogen-bond donors (Lipinski definition) is 1. The molecule has 0 aliphatic rings. The normalized spacial score (nSPS) is 13.4. The highest BCUT2D eigenvalue weighted by atomic mass is 32.1. The van der Waals surface area contributed by atoms with E-state index < -0.39 is 0 Å². The average molecular weight is 306 g/mol. The Bertz CT molecular complexity index is 569. The molecule has 0 radical (unpaired) electrons. The molecule has 21 heavy (non-hydrogen) atoms. The Balaban J connectivity index is 1.90. The largest absolute Gasteiger partial charge is 0.311 e. The Morgan fingerprint density at radius 3 is 2.52 bits per heavy atom. The van der Waals surface area contributed by atoms with E-state index in [1.807, 2.05) is 0 Å². The van der Waals surface area contributed by atoms with E-state index in [0.717, 1.165) is 29.4 Å². The Kier molecular flexibility index (Phi) is 5.12. The summed E-state index contributed by atoms with van der Waals surface area (Å²) < 4.78 is 12.9. The summed E-state index contributed by atoms with van der Waals surface area (Å²) in [6, 6.07) is 6.49. The number of nitrogens with zero attached hydrogens (tertiary/aromatic N) is 1. The van der Waals surface area contributed by atoms with E-state index in [-0.39, 0.29) is 5.82 Å². The van der Waals surface area contributed by atoms with E-state index in [2.05, 4.69) is 43.4 Å². The molecular weight excluding hydrogens is 283 g/mol. The van der Waals surface area contributed by atoms with Crippen molar-refractivity contribution in [3.05, 3.63) is 41.2 Å². The fraction of sp³-hybridized carbons (Fsp3) is 0.471. The predicted molar refractivity (Wildman–Crippen MR) is 87.8 cm³/mol. The molecule has 2 aromatic rings. The maximum atomic E-state index is 12.9. The summed E-state index contributed by atoms with van der Waals surface area (Å²) in [4.78, 5) is 4.60. The molecule has 2 nitrogen and oxygen atoms in total. The van der Waals surface area contributed by atoms with Crippen molar-refractivity contribution in [2.45, 2.75) is 34.2 Å². The summed E-state index contributed by atoms with van der Waals surface area (Å²) in [5, 5.41) is 6.47. The van der Waals surface area contributed by atoms with Crippen LogP contribution in [0.5, 0.6) is 0 Å². The van der Waals surface area contributed by atoms with Crippen LogP contribution in [-0.4, -0.2) is 11.5 Å². The molecule has 4 heteroatoms. The van der Waals surface area contributed by atoms with Gasteiger partial charge in [-0.05, 0) is 42.1 Å². The minimum absolute atomic E-state index is 0.214. The van der Waals surface area contributed by atoms with Crippen LogP contribution in [0.15, 0.2) is 29.6 Å². The first-order valence-corrected chi connectivity index (χ1v) is 8.15. The van der Waals surface area contributed by atoms with E-state index in [1.165, 1.54) is 12.1 Å². The number of rotatable bonds is 5. The van der Waals surface area contributed by atoms with Crippen LogP contribution in [0.3, 0.4) is 0 Å². The van der Waals surface area contributed by atoms with E-state index >= 15 is 0 Å². The van der Waals surface area contributed by atoms with Crippen LogP contribution in [0.2, 0.25) is 0 Å². The molecule has 0 amide bonds. The second kappa shape index (κ2) is 6.67. The number of hydrogen-bond acceptors (Lipinski definition) is 3. The highest BCUT2D eigenvalue weighted by Crippen LogP contribution is 2.25. The maximum Gasteiger partial charge on any atom is 0.123 e. The molecule has 1 aromatic heterocycles. The standard InChI is InChI=1S/C17H23FN2S/c1-12(17(2,3)4)9-19-10-15-11-21-16(20-15)13-5-7-14(18)8-6-13/h5-8,11-12,19H,9-10H2,1-4H3. The van der Waals surface area contributed by atoms with Gasteiger partial charge in [0.2, 0.25) is 0 Å². The summed E-state index contributed by atoms with van der Waals surface area (Å²) in [6.07, 6.45) is 0. The van der Waals surface area contributed by atoms with Gasteiger partial charge in [-0.25, -0.2) is 9.37 Å². The molecule has 1 unspecified atom stereocenters. The Hall–Kier alpha value is -1.26. The second-order valence-electron chi connectivity index (χ2n) is 6.55. The third-order valence-electron chi connectivity index (χ3n) is 3.88. The van der Waals surface area contributed by atoms with Gasteiger partial charge in [0.05, 0.1) is 5.69 Å². The lowest BCUT2D eigenvalue weighted by molar-refractivity contribution is 0.252. The quantitative estimate of drug-likeness (QED) is 0.864. The Labute approximate surface area is 130 Å². The third-order valence-corrected chi connectivity index (χ3v) is 4.82. The lowest BCUT2D eigenvalue weighted by atomic mass is 9.82. The van der Waals surface area contributed by atoms with Crippen molar-refractivity contribution in [3.63, 3.8) is 0 Å². The molecule has 0 bridgehead atoms. The van der Waals surface area contributed by atoms with Gasteiger partial charge in [-0.15, -0.1) is 11.3 Å². The van der Waals surface area contributed by atoms with Crippen LogP contribution in [0.4, 0.5) is 4.39 Å². The van der Waals surface area contributed by atoms with Crippen LogP contribution in [0.1, 0.15) is 33.4 Å². The SMILES string of the molecule is CC(CNCc1csc(-c2ccc(F)cc2)n1)C(C)(C)C. The summed E-state index contributed by atoms with van der Waals surface area (Å²) in [5.74, 6) is 0.390. The lowest BCUT2D eigenvalue weighted by Gasteiger charge is -2.27. The number of benzene rings is 1. The van der Waals surface area contributed by atoms with Gasteiger partial charge in [0.1, 0.15) is 10.8 Å². The summed E-state index contributed by atoms with van der Waals surface area (Å²) in [7, 11) is 0. The second-order valence-corrected chi connectivity index (χ2v) is 7.41. The van der Waals surface area contributed by atoms with Gasteiger partial charge in [0.15, 0.2) is 0 Å². The zero-order valence-electron chi connectivity index (χ0n) is 13.1. The molecular formula is C17H23FN2S. The monoisotopic (exact) mass is 306 g/mol. The van der Waals surface area contributed by atoms with Crippen molar-refractivity contribution < 1.29 is 4.39 Å². The zero-order chi connectivity index (χ0) is 15.5. The Morgan fingerprint density at radius 2 is 1.90 bits per heavy atom. The van der Waals surface area contributed by atoms with Crippen LogP contribution in [0, 0.1) is 17.2 Å². The van der Waals surface area contributed by atoms with E-state index in [0.29, 0.717) is 11.3 Å². The smallest absolute Gasteiger partial charge is 0.123 e. The number of nitrogens with one attached hydrogen (secondary N) is 1. The van der Waals surface area contributed by atoms with Gasteiger partial charge in [0.25, 0.3) is 0 Å². The first-order valence-electron chi connectivity index (χ1n) is 7.27. The van der Waals surface area contributed by atoms with Gasteiger partial charge in [-0.3, -0.25) is 0 Å².